The molecule has 102 valence electrons. The van der Waals surface area contributed by atoms with Crippen molar-refractivity contribution < 1.29 is 8.42 Å². The number of aromatic nitrogens is 1. The number of nitrogens with zero attached hydrogens (tertiary/aromatic N) is 1. The maximum Gasteiger partial charge on any atom is 0.261 e. The summed E-state index contributed by atoms with van der Waals surface area (Å²) in [5.74, 6) is 0.481. The fourth-order valence-electron chi connectivity index (χ4n) is 1.93. The number of pyridine rings is 1. The Morgan fingerprint density at radius 1 is 1.15 bits per heavy atom. The van der Waals surface area contributed by atoms with Crippen LogP contribution in [0.15, 0.2) is 51.2 Å². The molecule has 0 saturated carbocycles. The van der Waals surface area contributed by atoms with Gasteiger partial charge >= 0.3 is 0 Å². The second-order valence-corrected chi connectivity index (χ2v) is 6.46. The zero-order valence-electron chi connectivity index (χ0n) is 10.5. The summed E-state index contributed by atoms with van der Waals surface area (Å²) in [7, 11) is -3.21. The number of sulfone groups is 1. The second kappa shape index (κ2) is 4.31. The fourth-order valence-corrected chi connectivity index (χ4v) is 2.56. The molecular weight excluding hydrogens is 278 g/mol. The summed E-state index contributed by atoms with van der Waals surface area (Å²) in [5, 5.41) is 2.99. The van der Waals surface area contributed by atoms with E-state index in [1.807, 2.05) is 0 Å². The largest absolute Gasteiger partial charge is 0.339 e. The second-order valence-electron chi connectivity index (χ2n) is 4.45. The van der Waals surface area contributed by atoms with Crippen molar-refractivity contribution in [2.75, 3.05) is 11.6 Å². The first-order chi connectivity index (χ1) is 9.45. The number of amidine groups is 1. The zero-order valence-corrected chi connectivity index (χ0v) is 11.4. The Hall–Kier alpha value is -2.41. The summed E-state index contributed by atoms with van der Waals surface area (Å²) in [6.45, 7) is 0. The van der Waals surface area contributed by atoms with Gasteiger partial charge in [0.05, 0.1) is 10.6 Å². The van der Waals surface area contributed by atoms with E-state index in [1.54, 1.807) is 24.4 Å². The number of hydrogen-bond acceptors (Lipinski definition) is 5. The average Bonchev–Trinajstić information content (AvgIpc) is 2.35. The van der Waals surface area contributed by atoms with Crippen LogP contribution >= 0.6 is 0 Å². The van der Waals surface area contributed by atoms with Gasteiger partial charge in [0.2, 0.25) is 0 Å². The average molecular weight is 289 g/mol. The van der Waals surface area contributed by atoms with Crippen LogP contribution in [0.3, 0.4) is 0 Å². The molecule has 0 amide bonds. The molecule has 2 aromatic rings. The lowest BCUT2D eigenvalue weighted by molar-refractivity contribution is 0.602. The van der Waals surface area contributed by atoms with E-state index in [1.165, 1.54) is 12.1 Å². The lowest BCUT2D eigenvalue weighted by Gasteiger charge is -2.18. The first-order valence-corrected chi connectivity index (χ1v) is 7.72. The molecule has 1 aliphatic heterocycles. The first kappa shape index (κ1) is 12.6. The summed E-state index contributed by atoms with van der Waals surface area (Å²) in [6.07, 6.45) is 2.70. The van der Waals surface area contributed by atoms with Gasteiger partial charge in [-0.15, -0.1) is 0 Å². The highest BCUT2D eigenvalue weighted by Crippen LogP contribution is 2.26. The van der Waals surface area contributed by atoms with Gasteiger partial charge in [-0.3, -0.25) is 4.79 Å². The highest BCUT2D eigenvalue weighted by Gasteiger charge is 2.22. The Morgan fingerprint density at radius 2 is 1.85 bits per heavy atom. The van der Waals surface area contributed by atoms with Crippen LogP contribution in [0.1, 0.15) is 5.56 Å². The Morgan fingerprint density at radius 3 is 2.45 bits per heavy atom. The van der Waals surface area contributed by atoms with Crippen molar-refractivity contribution in [3.05, 3.63) is 52.4 Å². The molecule has 6 nitrogen and oxygen atoms in total. The van der Waals surface area contributed by atoms with E-state index in [-0.39, 0.29) is 10.5 Å². The third kappa shape index (κ3) is 2.12. The highest BCUT2D eigenvalue weighted by molar-refractivity contribution is 7.90. The molecular formula is C13H11N3O3S. The predicted molar refractivity (Wildman–Crippen MR) is 76.4 cm³/mol. The summed E-state index contributed by atoms with van der Waals surface area (Å²) in [5.41, 5.74) is 1.63. The maximum atomic E-state index is 11.6. The number of aromatic amines is 1. The van der Waals surface area contributed by atoms with Gasteiger partial charge in [-0.1, -0.05) is 0 Å². The summed E-state index contributed by atoms with van der Waals surface area (Å²) in [6, 6.07) is 8.00. The van der Waals surface area contributed by atoms with Crippen LogP contribution in [0.2, 0.25) is 0 Å². The van der Waals surface area contributed by atoms with E-state index in [0.717, 1.165) is 6.26 Å². The molecule has 3 rings (SSSR count). The van der Waals surface area contributed by atoms with Crippen LogP contribution in [0.5, 0.6) is 0 Å². The molecule has 0 bridgehead atoms. The first-order valence-electron chi connectivity index (χ1n) is 5.83. The molecule has 2 N–H and O–H groups in total. The Bertz CT molecular complexity index is 864. The lowest BCUT2D eigenvalue weighted by Crippen LogP contribution is -2.28. The number of aliphatic imine (C=N–C) groups is 1. The number of H-pyrrole nitrogens is 1. The molecule has 1 aliphatic rings. The molecule has 0 spiro atoms. The topological polar surface area (TPSA) is 91.4 Å². The minimum Gasteiger partial charge on any atom is -0.339 e. The zero-order chi connectivity index (χ0) is 14.3. The van der Waals surface area contributed by atoms with Crippen molar-refractivity contribution in [2.45, 2.75) is 4.90 Å². The third-order valence-corrected chi connectivity index (χ3v) is 4.08. The van der Waals surface area contributed by atoms with Gasteiger partial charge in [0.1, 0.15) is 11.4 Å². The molecule has 2 heterocycles. The Kier molecular flexibility index (Phi) is 2.72. The van der Waals surface area contributed by atoms with Gasteiger partial charge in [0, 0.05) is 18.1 Å². The molecule has 0 aliphatic carbocycles. The van der Waals surface area contributed by atoms with Gasteiger partial charge in [-0.2, -0.15) is 0 Å². The number of benzene rings is 1. The number of nitrogens with one attached hydrogen (secondary N) is 2. The van der Waals surface area contributed by atoms with Crippen LogP contribution in [-0.2, 0) is 9.84 Å². The van der Waals surface area contributed by atoms with Crippen LogP contribution in [-0.4, -0.2) is 25.5 Å². The SMILES string of the molecule is CS(=O)(=O)c1ccc(NC2=Nc3cc[nH]c(=O)c32)cc1. The van der Waals surface area contributed by atoms with Gasteiger partial charge in [-0.05, 0) is 30.3 Å². The van der Waals surface area contributed by atoms with Crippen molar-refractivity contribution in [3.63, 3.8) is 0 Å². The van der Waals surface area contributed by atoms with Gasteiger partial charge in [0.15, 0.2) is 9.84 Å². The van der Waals surface area contributed by atoms with E-state index in [0.29, 0.717) is 22.8 Å². The molecule has 1 aromatic carbocycles. The Labute approximate surface area is 115 Å². The molecule has 20 heavy (non-hydrogen) atoms. The van der Waals surface area contributed by atoms with Crippen LogP contribution in [0.25, 0.3) is 0 Å². The Balaban J connectivity index is 1.84. The van der Waals surface area contributed by atoms with Crippen LogP contribution in [0.4, 0.5) is 11.4 Å². The summed E-state index contributed by atoms with van der Waals surface area (Å²) in [4.78, 5) is 18.6. The molecule has 0 saturated heterocycles. The van der Waals surface area contributed by atoms with E-state index in [2.05, 4.69) is 15.3 Å². The normalized spacial score (nSPS) is 13.2. The van der Waals surface area contributed by atoms with E-state index in [9.17, 15) is 13.2 Å². The fraction of sp³-hybridized carbons (Fsp3) is 0.0769. The van der Waals surface area contributed by atoms with E-state index in [4.69, 9.17) is 0 Å². The van der Waals surface area contributed by atoms with Crippen LogP contribution in [0, 0.1) is 0 Å². The lowest BCUT2D eigenvalue weighted by atomic mass is 10.1. The van der Waals surface area contributed by atoms with Crippen molar-refractivity contribution in [3.8, 4) is 0 Å². The number of rotatable bonds is 2. The van der Waals surface area contributed by atoms with Crippen molar-refractivity contribution >= 4 is 27.0 Å². The number of hydrogen-bond donors (Lipinski definition) is 2. The van der Waals surface area contributed by atoms with Crippen LogP contribution < -0.4 is 10.9 Å². The molecule has 1 aromatic heterocycles. The van der Waals surface area contributed by atoms with E-state index < -0.39 is 9.84 Å². The minimum absolute atomic E-state index is 0.201. The summed E-state index contributed by atoms with van der Waals surface area (Å²) >= 11 is 0. The number of fused-ring (bicyclic) bond motifs is 1. The standard InChI is InChI=1S/C13H11N3O3S/c1-20(18,19)9-4-2-8(3-5-9)15-12-11-10(16-12)6-7-14-13(11)17/h2-7H,1H3,(H,14,17)(H,15,16). The van der Waals surface area contributed by atoms with Gasteiger partial charge < -0.3 is 10.3 Å². The molecule has 0 fully saturated rings. The molecule has 0 unspecified atom stereocenters. The van der Waals surface area contributed by atoms with Crippen molar-refractivity contribution in [2.24, 2.45) is 4.99 Å². The highest BCUT2D eigenvalue weighted by atomic mass is 32.2. The summed E-state index contributed by atoms with van der Waals surface area (Å²) < 4.78 is 22.7. The quantitative estimate of drug-likeness (QED) is 0.871. The maximum absolute atomic E-state index is 11.6. The molecule has 7 heteroatoms. The van der Waals surface area contributed by atoms with Gasteiger partial charge in [0.25, 0.3) is 5.56 Å². The third-order valence-electron chi connectivity index (χ3n) is 2.95. The number of anilines is 1. The predicted octanol–water partition coefficient (Wildman–Crippen LogP) is 1.28. The minimum atomic E-state index is -3.21. The van der Waals surface area contributed by atoms with E-state index >= 15 is 0 Å². The van der Waals surface area contributed by atoms with Crippen molar-refractivity contribution in [1.29, 1.82) is 0 Å². The van der Waals surface area contributed by atoms with Crippen molar-refractivity contribution in [1.82, 2.24) is 4.98 Å². The monoisotopic (exact) mass is 289 g/mol. The molecule has 0 atom stereocenters. The smallest absolute Gasteiger partial charge is 0.261 e. The van der Waals surface area contributed by atoms with Gasteiger partial charge in [-0.25, -0.2) is 13.4 Å². The molecule has 0 radical (unpaired) electrons.